The fourth-order valence-electron chi connectivity index (χ4n) is 1.66. The van der Waals surface area contributed by atoms with E-state index < -0.39 is 57.2 Å². The molecule has 0 heterocycles. The predicted octanol–water partition coefficient (Wildman–Crippen LogP) is 2.54. The van der Waals surface area contributed by atoms with Gasteiger partial charge in [-0.05, 0) is 20.8 Å². The fourth-order valence-corrected chi connectivity index (χ4v) is 1.66. The van der Waals surface area contributed by atoms with Crippen molar-refractivity contribution in [3.63, 3.8) is 0 Å². The van der Waals surface area contributed by atoms with Gasteiger partial charge in [0.05, 0.1) is 11.1 Å². The second-order valence-corrected chi connectivity index (χ2v) is 4.13. The van der Waals surface area contributed by atoms with Gasteiger partial charge in [-0.15, -0.1) is 0 Å². The van der Waals surface area contributed by atoms with E-state index in [0.29, 0.717) is 0 Å². The minimum absolute atomic E-state index is 0.611. The first-order valence-electron chi connectivity index (χ1n) is 5.42. The molecule has 4 nitrogen and oxygen atoms in total. The van der Waals surface area contributed by atoms with Gasteiger partial charge in [0.2, 0.25) is 0 Å². The largest absolute Gasteiger partial charge is 0.504 e. The molecule has 0 aliphatic rings. The maximum atomic E-state index is 14.1. The van der Waals surface area contributed by atoms with Crippen molar-refractivity contribution in [3.05, 3.63) is 28.3 Å². The summed E-state index contributed by atoms with van der Waals surface area (Å²) in [5.74, 6) is -9.49. The van der Waals surface area contributed by atoms with E-state index in [9.17, 15) is 33.0 Å². The molecule has 0 saturated heterocycles. The Morgan fingerprint density at radius 2 is 1.40 bits per heavy atom. The Morgan fingerprint density at radius 3 is 1.80 bits per heavy atom. The van der Waals surface area contributed by atoms with Crippen LogP contribution in [0.5, 0.6) is 11.5 Å². The van der Waals surface area contributed by atoms with Crippen molar-refractivity contribution in [2.45, 2.75) is 20.8 Å². The Hall–Kier alpha value is -2.31. The lowest BCUT2D eigenvalue weighted by molar-refractivity contribution is -0.119. The summed E-state index contributed by atoms with van der Waals surface area (Å²) >= 11 is 0. The van der Waals surface area contributed by atoms with Gasteiger partial charge in [0, 0.05) is 5.56 Å². The number of phenols is 2. The molecule has 0 bridgehead atoms. The van der Waals surface area contributed by atoms with Crippen molar-refractivity contribution in [3.8, 4) is 11.5 Å². The molecule has 1 rings (SSSR count). The van der Waals surface area contributed by atoms with E-state index in [-0.39, 0.29) is 0 Å². The summed E-state index contributed by atoms with van der Waals surface area (Å²) in [7, 11) is 0. The molecule has 0 aromatic heterocycles. The Balaban J connectivity index is 3.84. The van der Waals surface area contributed by atoms with Crippen LogP contribution in [0.15, 0.2) is 5.57 Å². The minimum Gasteiger partial charge on any atom is -0.504 e. The maximum Gasteiger partial charge on any atom is 0.195 e. The van der Waals surface area contributed by atoms with Gasteiger partial charge in [-0.25, -0.2) is 13.2 Å². The molecule has 7 heteroatoms. The van der Waals surface area contributed by atoms with E-state index in [0.717, 1.165) is 20.8 Å². The lowest BCUT2D eigenvalue weighted by atomic mass is 10.00. The minimum atomic E-state index is -1.79. The predicted molar refractivity (Wildman–Crippen MR) is 63.8 cm³/mol. The highest BCUT2D eigenvalue weighted by Gasteiger charge is 2.29. The van der Waals surface area contributed by atoms with Crippen LogP contribution in [0.2, 0.25) is 0 Å². The van der Waals surface area contributed by atoms with Crippen LogP contribution in [-0.2, 0) is 9.59 Å². The Kier molecular flexibility index (Phi) is 4.22. The van der Waals surface area contributed by atoms with Gasteiger partial charge in [-0.3, -0.25) is 9.59 Å². The van der Waals surface area contributed by atoms with Crippen molar-refractivity contribution in [1.29, 1.82) is 0 Å². The van der Waals surface area contributed by atoms with Crippen molar-refractivity contribution >= 4 is 17.4 Å². The molecule has 0 unspecified atom stereocenters. The number of carbonyl (C=O) groups is 2. The van der Waals surface area contributed by atoms with Crippen LogP contribution in [0.3, 0.4) is 0 Å². The Bertz CT molecular complexity index is 603. The first kappa shape index (κ1) is 15.7. The first-order valence-corrected chi connectivity index (χ1v) is 5.42. The SMILES string of the molecule is CC(=O)C(C(C)=O)=C(F)c1c(F)c(C)c(O)c(O)c1F. The van der Waals surface area contributed by atoms with Gasteiger partial charge >= 0.3 is 0 Å². The van der Waals surface area contributed by atoms with Crippen LogP contribution in [0.4, 0.5) is 13.2 Å². The van der Waals surface area contributed by atoms with Gasteiger partial charge in [-0.1, -0.05) is 0 Å². The standard InChI is InChI=1S/C13H11F3O4/c1-4-9(14)8(11(16)13(20)12(4)19)10(15)7(5(2)17)6(3)18/h19-20H,1-3H3. The highest BCUT2D eigenvalue weighted by Crippen LogP contribution is 2.40. The highest BCUT2D eigenvalue weighted by molar-refractivity contribution is 6.23. The molecule has 2 N–H and O–H groups in total. The summed E-state index contributed by atoms with van der Waals surface area (Å²) in [4.78, 5) is 22.4. The van der Waals surface area contributed by atoms with E-state index in [2.05, 4.69) is 0 Å². The first-order chi connectivity index (χ1) is 9.11. The number of hydrogen-bond donors (Lipinski definition) is 2. The number of carbonyl (C=O) groups excluding carboxylic acids is 2. The number of halogens is 3. The number of aromatic hydroxyl groups is 2. The molecule has 0 atom stereocenters. The second-order valence-electron chi connectivity index (χ2n) is 4.13. The second kappa shape index (κ2) is 5.36. The van der Waals surface area contributed by atoms with Crippen LogP contribution in [-0.4, -0.2) is 21.8 Å². The molecule has 0 amide bonds. The smallest absolute Gasteiger partial charge is 0.195 e. The number of Topliss-reactive ketones (excluding diaryl/α,β-unsaturated/α-hetero) is 2. The van der Waals surface area contributed by atoms with E-state index in [1.165, 1.54) is 0 Å². The normalized spacial score (nSPS) is 10.3. The van der Waals surface area contributed by atoms with Crippen molar-refractivity contribution in [1.82, 2.24) is 0 Å². The number of hydrogen-bond acceptors (Lipinski definition) is 4. The Labute approximate surface area is 112 Å². The van der Waals surface area contributed by atoms with Crippen molar-refractivity contribution in [2.24, 2.45) is 0 Å². The topological polar surface area (TPSA) is 74.6 Å². The van der Waals surface area contributed by atoms with Gasteiger partial charge in [-0.2, -0.15) is 0 Å². The number of phenolic OH excluding ortho intramolecular Hbond substituents is 2. The van der Waals surface area contributed by atoms with Crippen LogP contribution in [0, 0.1) is 18.6 Å². The molecule has 1 aromatic carbocycles. The van der Waals surface area contributed by atoms with Gasteiger partial charge in [0.15, 0.2) is 34.7 Å². The zero-order valence-corrected chi connectivity index (χ0v) is 10.8. The number of allylic oxidation sites excluding steroid dienone is 1. The van der Waals surface area contributed by atoms with Crippen LogP contribution in [0.1, 0.15) is 25.0 Å². The third-order valence-corrected chi connectivity index (χ3v) is 2.70. The molecule has 0 fully saturated rings. The zero-order chi connectivity index (χ0) is 15.8. The average molecular weight is 288 g/mol. The van der Waals surface area contributed by atoms with E-state index in [1.54, 1.807) is 0 Å². The summed E-state index contributed by atoms with van der Waals surface area (Å²) < 4.78 is 41.6. The monoisotopic (exact) mass is 288 g/mol. The molecular formula is C13H11F3O4. The summed E-state index contributed by atoms with van der Waals surface area (Å²) in [6.07, 6.45) is 0. The molecule has 20 heavy (non-hydrogen) atoms. The zero-order valence-electron chi connectivity index (χ0n) is 10.8. The summed E-state index contributed by atoms with van der Waals surface area (Å²) in [6, 6.07) is 0. The highest BCUT2D eigenvalue weighted by atomic mass is 19.1. The van der Waals surface area contributed by atoms with Crippen LogP contribution < -0.4 is 0 Å². The van der Waals surface area contributed by atoms with Crippen molar-refractivity contribution in [2.75, 3.05) is 0 Å². The third-order valence-electron chi connectivity index (χ3n) is 2.70. The quantitative estimate of drug-likeness (QED) is 0.388. The summed E-state index contributed by atoms with van der Waals surface area (Å²) in [5, 5.41) is 18.5. The van der Waals surface area contributed by atoms with E-state index in [1.807, 2.05) is 0 Å². The molecule has 1 aromatic rings. The fraction of sp³-hybridized carbons (Fsp3) is 0.231. The van der Waals surface area contributed by atoms with Gasteiger partial charge in [0.1, 0.15) is 5.82 Å². The van der Waals surface area contributed by atoms with Crippen LogP contribution in [0.25, 0.3) is 5.83 Å². The number of benzene rings is 1. The molecule has 0 aliphatic carbocycles. The number of ketones is 2. The third kappa shape index (κ3) is 2.38. The van der Waals surface area contributed by atoms with E-state index >= 15 is 0 Å². The Morgan fingerprint density at radius 1 is 0.950 bits per heavy atom. The van der Waals surface area contributed by atoms with Crippen LogP contribution >= 0.6 is 0 Å². The molecule has 0 aliphatic heterocycles. The van der Waals surface area contributed by atoms with Crippen molar-refractivity contribution < 1.29 is 33.0 Å². The molecule has 0 spiro atoms. The van der Waals surface area contributed by atoms with Gasteiger partial charge < -0.3 is 10.2 Å². The molecule has 108 valence electrons. The molecule has 0 saturated carbocycles. The van der Waals surface area contributed by atoms with E-state index in [4.69, 9.17) is 0 Å². The number of rotatable bonds is 3. The lowest BCUT2D eigenvalue weighted by Crippen LogP contribution is -2.10. The lowest BCUT2D eigenvalue weighted by Gasteiger charge is -2.11. The van der Waals surface area contributed by atoms with Gasteiger partial charge in [0.25, 0.3) is 0 Å². The average Bonchev–Trinajstić information content (AvgIpc) is 2.33. The molecule has 0 radical (unpaired) electrons. The maximum absolute atomic E-state index is 14.1. The molecular weight excluding hydrogens is 277 g/mol. The summed E-state index contributed by atoms with van der Waals surface area (Å²) in [5.41, 5.74) is -2.99. The summed E-state index contributed by atoms with van der Waals surface area (Å²) in [6.45, 7) is 2.69.